The summed E-state index contributed by atoms with van der Waals surface area (Å²) in [7, 11) is 0. The third-order valence-electron chi connectivity index (χ3n) is 6.08. The van der Waals surface area contributed by atoms with Crippen LogP contribution in [-0.2, 0) is 4.74 Å². The van der Waals surface area contributed by atoms with E-state index in [9.17, 15) is 13.6 Å². The van der Waals surface area contributed by atoms with Crippen molar-refractivity contribution in [3.8, 4) is 5.69 Å². The van der Waals surface area contributed by atoms with Crippen molar-refractivity contribution in [1.82, 2.24) is 24.6 Å². The van der Waals surface area contributed by atoms with Crippen LogP contribution in [0.5, 0.6) is 0 Å². The molecule has 0 spiro atoms. The number of anilines is 1. The second-order valence-electron chi connectivity index (χ2n) is 10.1. The van der Waals surface area contributed by atoms with E-state index in [0.29, 0.717) is 25.3 Å². The molecule has 1 aromatic carbocycles. The fourth-order valence-corrected chi connectivity index (χ4v) is 4.43. The largest absolute Gasteiger partial charge is 0.444 e. The molecule has 1 saturated carbocycles. The van der Waals surface area contributed by atoms with Crippen LogP contribution in [0.2, 0.25) is 0 Å². The van der Waals surface area contributed by atoms with Crippen LogP contribution in [0, 0.1) is 11.6 Å². The predicted octanol–water partition coefficient (Wildman–Crippen LogP) is 4.42. The first kappa shape index (κ1) is 22.5. The number of nitrogens with zero attached hydrogens (tertiary/aromatic N) is 6. The van der Waals surface area contributed by atoms with Crippen molar-refractivity contribution < 1.29 is 18.3 Å². The van der Waals surface area contributed by atoms with E-state index < -0.39 is 17.2 Å². The lowest BCUT2D eigenvalue weighted by Gasteiger charge is -2.40. The molecule has 1 saturated heterocycles. The number of carbonyl (C=O) groups is 1. The quantitative estimate of drug-likeness (QED) is 0.564. The maximum absolute atomic E-state index is 13.9. The zero-order chi connectivity index (χ0) is 24.2. The van der Waals surface area contributed by atoms with Crippen molar-refractivity contribution in [2.75, 3.05) is 24.5 Å². The van der Waals surface area contributed by atoms with Crippen molar-refractivity contribution >= 4 is 22.9 Å². The molecule has 10 heteroatoms. The van der Waals surface area contributed by atoms with E-state index in [1.165, 1.54) is 23.1 Å². The molecule has 1 amide bonds. The standard InChI is InChI=1S/C24H28F2N6O2/c1-14-12-30(7-8-31(14)23(33)34-24(2,3)4)21-19-20(15-5-6-15)29-32(22(19)28-13-27-21)18-10-16(25)9-17(26)11-18/h9-11,13-15H,5-8,12H2,1-4H3/t14-/m0/s1. The predicted molar refractivity (Wildman–Crippen MR) is 123 cm³/mol. The number of amides is 1. The normalized spacial score (nSPS) is 19.1. The molecule has 1 atom stereocenters. The van der Waals surface area contributed by atoms with Gasteiger partial charge in [-0.3, -0.25) is 0 Å². The van der Waals surface area contributed by atoms with Gasteiger partial charge in [0.25, 0.3) is 0 Å². The summed E-state index contributed by atoms with van der Waals surface area (Å²) in [4.78, 5) is 25.5. The van der Waals surface area contributed by atoms with Gasteiger partial charge in [-0.05, 0) is 52.7 Å². The third kappa shape index (κ3) is 4.28. The number of carbonyl (C=O) groups excluding carboxylic acids is 1. The maximum atomic E-state index is 13.9. The molecule has 2 aromatic heterocycles. The number of fused-ring (bicyclic) bond motifs is 1. The average molecular weight is 471 g/mol. The van der Waals surface area contributed by atoms with Crippen molar-refractivity contribution in [3.05, 3.63) is 41.9 Å². The van der Waals surface area contributed by atoms with Crippen LogP contribution in [0.15, 0.2) is 24.5 Å². The molecule has 0 N–H and O–H groups in total. The van der Waals surface area contributed by atoms with Gasteiger partial charge in [-0.25, -0.2) is 28.2 Å². The molecule has 0 radical (unpaired) electrons. The Labute approximate surface area is 196 Å². The highest BCUT2D eigenvalue weighted by Crippen LogP contribution is 2.44. The van der Waals surface area contributed by atoms with Crippen molar-refractivity contribution in [2.45, 2.75) is 58.1 Å². The zero-order valence-corrected chi connectivity index (χ0v) is 19.8. The van der Waals surface area contributed by atoms with E-state index in [1.807, 2.05) is 27.7 Å². The minimum Gasteiger partial charge on any atom is -0.444 e. The summed E-state index contributed by atoms with van der Waals surface area (Å²) in [5, 5.41) is 5.53. The highest BCUT2D eigenvalue weighted by atomic mass is 19.1. The number of benzene rings is 1. The Morgan fingerprint density at radius 3 is 2.41 bits per heavy atom. The van der Waals surface area contributed by atoms with Crippen LogP contribution in [0.4, 0.5) is 19.4 Å². The fourth-order valence-electron chi connectivity index (χ4n) is 4.43. The van der Waals surface area contributed by atoms with Gasteiger partial charge in [0.05, 0.1) is 16.8 Å². The van der Waals surface area contributed by atoms with Gasteiger partial charge < -0.3 is 14.5 Å². The molecular formula is C24H28F2N6O2. The number of halogens is 2. The molecule has 1 aliphatic heterocycles. The molecule has 2 aliphatic rings. The maximum Gasteiger partial charge on any atom is 0.410 e. The topological polar surface area (TPSA) is 76.4 Å². The van der Waals surface area contributed by atoms with Gasteiger partial charge >= 0.3 is 6.09 Å². The lowest BCUT2D eigenvalue weighted by Crippen LogP contribution is -2.55. The molecule has 34 heavy (non-hydrogen) atoms. The molecule has 180 valence electrons. The Hall–Kier alpha value is -3.30. The molecule has 3 aromatic rings. The van der Waals surface area contributed by atoms with Gasteiger partial charge in [0, 0.05) is 37.7 Å². The fraction of sp³-hybridized carbons (Fsp3) is 0.500. The highest BCUT2D eigenvalue weighted by Gasteiger charge is 2.35. The number of rotatable bonds is 3. The first-order valence-electron chi connectivity index (χ1n) is 11.6. The monoisotopic (exact) mass is 470 g/mol. The van der Waals surface area contributed by atoms with Crippen molar-refractivity contribution in [2.24, 2.45) is 0 Å². The molecule has 0 unspecified atom stereocenters. The summed E-state index contributed by atoms with van der Waals surface area (Å²) in [5.74, 6) is -0.348. The van der Waals surface area contributed by atoms with E-state index in [4.69, 9.17) is 9.84 Å². The van der Waals surface area contributed by atoms with Crippen LogP contribution in [0.3, 0.4) is 0 Å². The molecule has 5 rings (SSSR count). The Morgan fingerprint density at radius 2 is 1.79 bits per heavy atom. The Morgan fingerprint density at radius 1 is 1.09 bits per heavy atom. The van der Waals surface area contributed by atoms with Crippen molar-refractivity contribution in [1.29, 1.82) is 0 Å². The summed E-state index contributed by atoms with van der Waals surface area (Å²) < 4.78 is 34.9. The molecule has 1 aliphatic carbocycles. The van der Waals surface area contributed by atoms with Crippen LogP contribution < -0.4 is 4.90 Å². The van der Waals surface area contributed by atoms with Crippen LogP contribution in [0.25, 0.3) is 16.7 Å². The van der Waals surface area contributed by atoms with Gasteiger partial charge in [0.2, 0.25) is 0 Å². The van der Waals surface area contributed by atoms with E-state index >= 15 is 0 Å². The lowest BCUT2D eigenvalue weighted by atomic mass is 10.1. The minimum absolute atomic E-state index is 0.0923. The lowest BCUT2D eigenvalue weighted by molar-refractivity contribution is 0.0158. The van der Waals surface area contributed by atoms with Gasteiger partial charge in [-0.1, -0.05) is 0 Å². The Bertz CT molecular complexity index is 1230. The Kier molecular flexibility index (Phi) is 5.41. The molecule has 2 fully saturated rings. The Balaban J connectivity index is 1.50. The molecular weight excluding hydrogens is 442 g/mol. The van der Waals surface area contributed by atoms with E-state index in [2.05, 4.69) is 14.9 Å². The van der Waals surface area contributed by atoms with Crippen molar-refractivity contribution in [3.63, 3.8) is 0 Å². The number of aromatic nitrogens is 4. The number of ether oxygens (including phenoxy) is 1. The number of hydrogen-bond acceptors (Lipinski definition) is 6. The van der Waals surface area contributed by atoms with Gasteiger partial charge in [0.1, 0.15) is 29.4 Å². The van der Waals surface area contributed by atoms with E-state index in [1.54, 1.807) is 4.90 Å². The average Bonchev–Trinajstić information content (AvgIpc) is 3.51. The second kappa shape index (κ2) is 8.18. The van der Waals surface area contributed by atoms with E-state index in [0.717, 1.165) is 35.8 Å². The molecule has 3 heterocycles. The van der Waals surface area contributed by atoms with E-state index in [-0.39, 0.29) is 23.7 Å². The first-order chi connectivity index (χ1) is 16.1. The SMILES string of the molecule is C[C@H]1CN(c2ncnc3c2c(C2CC2)nn3-c2cc(F)cc(F)c2)CCN1C(=O)OC(C)(C)C. The highest BCUT2D eigenvalue weighted by molar-refractivity contribution is 5.91. The number of hydrogen-bond donors (Lipinski definition) is 0. The molecule has 8 nitrogen and oxygen atoms in total. The summed E-state index contributed by atoms with van der Waals surface area (Å²) in [6, 6.07) is 3.24. The summed E-state index contributed by atoms with van der Waals surface area (Å²) >= 11 is 0. The zero-order valence-electron chi connectivity index (χ0n) is 19.8. The van der Waals surface area contributed by atoms with Gasteiger partial charge in [-0.2, -0.15) is 5.10 Å². The smallest absolute Gasteiger partial charge is 0.410 e. The number of piperazine rings is 1. The van der Waals surface area contributed by atoms with Gasteiger partial charge in [-0.15, -0.1) is 0 Å². The summed E-state index contributed by atoms with van der Waals surface area (Å²) in [6.07, 6.45) is 3.13. The van der Waals surface area contributed by atoms with Crippen LogP contribution >= 0.6 is 0 Å². The second-order valence-corrected chi connectivity index (χ2v) is 10.1. The first-order valence-corrected chi connectivity index (χ1v) is 11.6. The van der Waals surface area contributed by atoms with Crippen LogP contribution in [0.1, 0.15) is 52.1 Å². The van der Waals surface area contributed by atoms with Crippen LogP contribution in [-0.4, -0.2) is 62.0 Å². The summed E-state index contributed by atoms with van der Waals surface area (Å²) in [5.41, 5.74) is 1.08. The molecule has 0 bridgehead atoms. The van der Waals surface area contributed by atoms with Gasteiger partial charge in [0.15, 0.2) is 5.65 Å². The minimum atomic E-state index is -0.673. The summed E-state index contributed by atoms with van der Waals surface area (Å²) in [6.45, 7) is 9.16. The third-order valence-corrected chi connectivity index (χ3v) is 6.08.